The van der Waals surface area contributed by atoms with Crippen LogP contribution in [-0.4, -0.2) is 17.5 Å². The third kappa shape index (κ3) is 3.87. The van der Waals surface area contributed by atoms with E-state index in [1.807, 2.05) is 0 Å². The molecule has 0 radical (unpaired) electrons. The molecule has 2 aliphatic rings. The van der Waals surface area contributed by atoms with Crippen LogP contribution in [0.2, 0.25) is 10.0 Å². The minimum Gasteiger partial charge on any atom is -0.322 e. The molecule has 0 unspecified atom stereocenters. The molecule has 31 heavy (non-hydrogen) atoms. The summed E-state index contributed by atoms with van der Waals surface area (Å²) in [5.41, 5.74) is 3.82. The fourth-order valence-corrected chi connectivity index (χ4v) is 5.49. The zero-order valence-corrected chi connectivity index (χ0v) is 18.6. The van der Waals surface area contributed by atoms with Gasteiger partial charge in [-0.1, -0.05) is 23.2 Å². The average Bonchev–Trinajstić information content (AvgIpc) is 3.27. The van der Waals surface area contributed by atoms with Crippen LogP contribution in [0.3, 0.4) is 0 Å². The van der Waals surface area contributed by atoms with Gasteiger partial charge in [-0.25, -0.2) is 4.99 Å². The van der Waals surface area contributed by atoms with E-state index in [4.69, 9.17) is 23.2 Å². The second-order valence-corrected chi connectivity index (χ2v) is 9.41. The molecule has 2 heterocycles. The van der Waals surface area contributed by atoms with Gasteiger partial charge in [0.25, 0.3) is 11.8 Å². The summed E-state index contributed by atoms with van der Waals surface area (Å²) in [6.45, 7) is 0. The van der Waals surface area contributed by atoms with E-state index in [2.05, 4.69) is 15.6 Å². The first-order valence-corrected chi connectivity index (χ1v) is 11.5. The summed E-state index contributed by atoms with van der Waals surface area (Å²) in [6, 6.07) is 12.2. The Morgan fingerprint density at radius 3 is 2.58 bits per heavy atom. The molecule has 3 aromatic rings. The average molecular weight is 470 g/mol. The number of thiophene rings is 1. The van der Waals surface area contributed by atoms with Crippen LogP contribution >= 0.6 is 34.5 Å². The first-order chi connectivity index (χ1) is 15.0. The molecule has 2 amide bonds. The van der Waals surface area contributed by atoms with Crippen LogP contribution in [0.5, 0.6) is 0 Å². The van der Waals surface area contributed by atoms with E-state index in [1.165, 1.54) is 11.3 Å². The van der Waals surface area contributed by atoms with Gasteiger partial charge in [-0.15, -0.1) is 11.3 Å². The van der Waals surface area contributed by atoms with Crippen molar-refractivity contribution in [2.75, 3.05) is 10.6 Å². The van der Waals surface area contributed by atoms with Gasteiger partial charge in [0.2, 0.25) is 0 Å². The highest BCUT2D eigenvalue weighted by atomic mass is 35.5. The number of anilines is 2. The Labute approximate surface area is 193 Å². The number of benzene rings is 2. The van der Waals surface area contributed by atoms with Crippen molar-refractivity contribution in [1.82, 2.24) is 0 Å². The molecular formula is C23H17Cl2N3O2S. The number of aliphatic imine (C=N–C) groups is 1. The zero-order chi connectivity index (χ0) is 21.5. The van der Waals surface area contributed by atoms with Gasteiger partial charge in [-0.05, 0) is 73.7 Å². The topological polar surface area (TPSA) is 70.6 Å². The smallest absolute Gasteiger partial charge is 0.275 e. The number of nitrogens with one attached hydrogen (secondary N) is 2. The molecule has 0 spiro atoms. The van der Waals surface area contributed by atoms with E-state index in [0.717, 1.165) is 36.1 Å². The number of carbonyl (C=O) groups excluding carboxylic acids is 2. The molecule has 2 aromatic carbocycles. The number of nitrogens with zero attached hydrogens (tertiary/aromatic N) is 1. The first kappa shape index (κ1) is 20.2. The minimum absolute atomic E-state index is 0.231. The van der Waals surface area contributed by atoms with Crippen molar-refractivity contribution in [2.24, 2.45) is 4.99 Å². The van der Waals surface area contributed by atoms with Crippen LogP contribution in [0.1, 0.15) is 39.2 Å². The van der Waals surface area contributed by atoms with Crippen LogP contribution in [-0.2, 0) is 17.6 Å². The number of amides is 2. The predicted molar refractivity (Wildman–Crippen MR) is 127 cm³/mol. The van der Waals surface area contributed by atoms with Crippen LogP contribution in [0, 0.1) is 0 Å². The maximum Gasteiger partial charge on any atom is 0.275 e. The van der Waals surface area contributed by atoms with Crippen molar-refractivity contribution >= 4 is 68.4 Å². The molecule has 0 saturated carbocycles. The molecule has 156 valence electrons. The Balaban J connectivity index is 1.58. The molecule has 1 aliphatic heterocycles. The van der Waals surface area contributed by atoms with Gasteiger partial charge in [0.05, 0.1) is 11.3 Å². The Hall–Kier alpha value is -2.67. The fourth-order valence-electron chi connectivity index (χ4n) is 3.93. The van der Waals surface area contributed by atoms with Gasteiger partial charge in [-0.2, -0.15) is 0 Å². The zero-order valence-electron chi connectivity index (χ0n) is 16.3. The van der Waals surface area contributed by atoms with E-state index in [0.29, 0.717) is 37.5 Å². The van der Waals surface area contributed by atoms with E-state index >= 15 is 0 Å². The summed E-state index contributed by atoms with van der Waals surface area (Å²) in [5.74, 6) is -0.529. The van der Waals surface area contributed by atoms with Crippen LogP contribution in [0.15, 0.2) is 47.5 Å². The van der Waals surface area contributed by atoms with Crippen LogP contribution < -0.4 is 10.6 Å². The molecule has 0 atom stereocenters. The van der Waals surface area contributed by atoms with E-state index < -0.39 is 0 Å². The molecule has 1 aromatic heterocycles. The van der Waals surface area contributed by atoms with E-state index in [9.17, 15) is 9.59 Å². The van der Waals surface area contributed by atoms with Crippen LogP contribution in [0.4, 0.5) is 16.4 Å². The van der Waals surface area contributed by atoms with Crippen molar-refractivity contribution < 1.29 is 9.59 Å². The molecule has 0 saturated heterocycles. The third-order valence-electron chi connectivity index (χ3n) is 5.40. The highest BCUT2D eigenvalue weighted by Crippen LogP contribution is 2.41. The van der Waals surface area contributed by atoms with Gasteiger partial charge < -0.3 is 10.6 Å². The van der Waals surface area contributed by atoms with E-state index in [1.54, 1.807) is 42.5 Å². The number of hydrogen-bond donors (Lipinski definition) is 2. The maximum absolute atomic E-state index is 13.3. The number of carbonyl (C=O) groups is 2. The van der Waals surface area contributed by atoms with Crippen molar-refractivity contribution in [3.05, 3.63) is 74.1 Å². The summed E-state index contributed by atoms with van der Waals surface area (Å²) in [6.07, 6.45) is 3.86. The Morgan fingerprint density at radius 2 is 1.77 bits per heavy atom. The summed E-state index contributed by atoms with van der Waals surface area (Å²) < 4.78 is 0. The summed E-state index contributed by atoms with van der Waals surface area (Å²) >= 11 is 13.6. The molecule has 5 nitrogen and oxygen atoms in total. The summed E-state index contributed by atoms with van der Waals surface area (Å²) in [4.78, 5) is 31.7. The van der Waals surface area contributed by atoms with Gasteiger partial charge in [0, 0.05) is 26.2 Å². The van der Waals surface area contributed by atoms with Crippen molar-refractivity contribution in [3.8, 4) is 0 Å². The van der Waals surface area contributed by atoms with Gasteiger partial charge >= 0.3 is 0 Å². The normalized spacial score (nSPS) is 16.1. The summed E-state index contributed by atoms with van der Waals surface area (Å²) in [5, 5.41) is 7.43. The van der Waals surface area contributed by atoms with Crippen molar-refractivity contribution in [2.45, 2.75) is 25.7 Å². The van der Waals surface area contributed by atoms with Gasteiger partial charge in [0.1, 0.15) is 10.7 Å². The second kappa shape index (κ2) is 8.11. The molecule has 1 aliphatic carbocycles. The Bertz CT molecular complexity index is 1250. The molecule has 0 bridgehead atoms. The molecule has 5 rings (SSSR count). The molecule has 2 N–H and O–H groups in total. The quantitative estimate of drug-likeness (QED) is 0.475. The molecule has 0 fully saturated rings. The Kier molecular flexibility index (Phi) is 5.30. The SMILES string of the molecule is O=C1Nc2ccc(Cl)cc2C1=Nc1sc2c(c1C(=O)Nc1ccc(Cl)cc1)CCCC2. The van der Waals surface area contributed by atoms with Crippen LogP contribution in [0.25, 0.3) is 0 Å². The Morgan fingerprint density at radius 1 is 1.03 bits per heavy atom. The number of halogens is 2. The lowest BCUT2D eigenvalue weighted by Gasteiger charge is -2.13. The number of hydrogen-bond acceptors (Lipinski definition) is 4. The highest BCUT2D eigenvalue weighted by molar-refractivity contribution is 7.16. The molecule has 8 heteroatoms. The lowest BCUT2D eigenvalue weighted by molar-refractivity contribution is -0.110. The monoisotopic (exact) mass is 469 g/mol. The lowest BCUT2D eigenvalue weighted by atomic mass is 9.95. The first-order valence-electron chi connectivity index (χ1n) is 9.91. The number of rotatable bonds is 3. The second-order valence-electron chi connectivity index (χ2n) is 7.46. The van der Waals surface area contributed by atoms with Gasteiger partial charge in [-0.3, -0.25) is 9.59 Å². The van der Waals surface area contributed by atoms with Crippen molar-refractivity contribution in [1.29, 1.82) is 0 Å². The lowest BCUT2D eigenvalue weighted by Crippen LogP contribution is -2.16. The minimum atomic E-state index is -0.298. The highest BCUT2D eigenvalue weighted by Gasteiger charge is 2.30. The largest absolute Gasteiger partial charge is 0.322 e. The maximum atomic E-state index is 13.3. The fraction of sp³-hybridized carbons (Fsp3) is 0.174. The molecular weight excluding hydrogens is 453 g/mol. The number of fused-ring (bicyclic) bond motifs is 2. The third-order valence-corrected chi connectivity index (χ3v) is 7.07. The predicted octanol–water partition coefficient (Wildman–Crippen LogP) is 6.26. The van der Waals surface area contributed by atoms with E-state index in [-0.39, 0.29) is 17.5 Å². The standard InChI is InChI=1S/C23H17Cl2N3O2S/c24-12-5-8-14(9-6-12)26-21(29)19-15-3-1-2-4-18(15)31-23(19)28-20-16-11-13(25)7-10-17(16)27-22(20)30/h5-11H,1-4H2,(H,26,29)(H,27,28,30). The van der Waals surface area contributed by atoms with Crippen molar-refractivity contribution in [3.63, 3.8) is 0 Å². The summed E-state index contributed by atoms with van der Waals surface area (Å²) in [7, 11) is 0. The van der Waals surface area contributed by atoms with Gasteiger partial charge in [0.15, 0.2) is 0 Å². The number of aryl methyl sites for hydroxylation is 1.